The number of hydrogen-bond acceptors (Lipinski definition) is 3. The summed E-state index contributed by atoms with van der Waals surface area (Å²) in [6, 6.07) is 6.45. The lowest BCUT2D eigenvalue weighted by Gasteiger charge is -2.36. The molecule has 23 heavy (non-hydrogen) atoms. The molecule has 2 heterocycles. The Morgan fingerprint density at radius 2 is 2.00 bits per heavy atom. The molecule has 0 radical (unpaired) electrons. The molecule has 0 spiro atoms. The molecular weight excluding hydrogens is 295 g/mol. The van der Waals surface area contributed by atoms with Gasteiger partial charge in [0.05, 0.1) is 5.41 Å². The van der Waals surface area contributed by atoms with E-state index in [0.29, 0.717) is 32.6 Å². The fourth-order valence-corrected chi connectivity index (χ4v) is 3.66. The highest BCUT2D eigenvalue weighted by molar-refractivity contribution is 5.88. The first-order chi connectivity index (χ1) is 11.2. The minimum absolute atomic E-state index is 0.00518. The number of carbonyl (C=O) groups excluding carboxylic acids is 1. The molecule has 1 amide bonds. The topological polar surface area (TPSA) is 41.6 Å². The number of likely N-dealkylation sites (tertiary alicyclic amines) is 1. The number of benzene rings is 1. The number of carbonyl (C=O) groups is 1. The monoisotopic (exact) mass is 320 g/mol. The fraction of sp³-hybridized carbons (Fsp3) is 0.611. The Kier molecular flexibility index (Phi) is 5.28. The van der Waals surface area contributed by atoms with E-state index in [0.717, 1.165) is 25.2 Å². The Morgan fingerprint density at radius 1 is 1.26 bits per heavy atom. The second-order valence-electron chi connectivity index (χ2n) is 6.51. The van der Waals surface area contributed by atoms with Crippen molar-refractivity contribution >= 4 is 5.91 Å². The van der Waals surface area contributed by atoms with Crippen LogP contribution in [0.2, 0.25) is 0 Å². The van der Waals surface area contributed by atoms with Crippen LogP contribution in [0.4, 0.5) is 4.39 Å². The van der Waals surface area contributed by atoms with E-state index in [1.54, 1.807) is 6.07 Å². The summed E-state index contributed by atoms with van der Waals surface area (Å²) in [5, 5.41) is 3.08. The van der Waals surface area contributed by atoms with Gasteiger partial charge >= 0.3 is 0 Å². The first-order valence-electron chi connectivity index (χ1n) is 8.55. The molecule has 126 valence electrons. The van der Waals surface area contributed by atoms with Gasteiger partial charge < -0.3 is 15.0 Å². The van der Waals surface area contributed by atoms with Crippen molar-refractivity contribution in [3.05, 3.63) is 35.6 Å². The van der Waals surface area contributed by atoms with Crippen LogP contribution in [-0.4, -0.2) is 50.2 Å². The highest BCUT2D eigenvalue weighted by Gasteiger charge is 2.41. The van der Waals surface area contributed by atoms with Crippen LogP contribution in [0.5, 0.6) is 0 Å². The summed E-state index contributed by atoms with van der Waals surface area (Å²) in [5.74, 6) is -0.288. The van der Waals surface area contributed by atoms with Crippen molar-refractivity contribution in [1.29, 1.82) is 0 Å². The molecule has 0 unspecified atom stereocenters. The summed E-state index contributed by atoms with van der Waals surface area (Å²) < 4.78 is 19.1. The van der Waals surface area contributed by atoms with Crippen LogP contribution < -0.4 is 5.32 Å². The van der Waals surface area contributed by atoms with Crippen LogP contribution in [0, 0.1) is 5.82 Å². The van der Waals surface area contributed by atoms with E-state index in [9.17, 15) is 9.18 Å². The van der Waals surface area contributed by atoms with Crippen molar-refractivity contribution in [2.45, 2.75) is 31.1 Å². The van der Waals surface area contributed by atoms with Crippen molar-refractivity contribution in [3.63, 3.8) is 0 Å². The highest BCUT2D eigenvalue weighted by Crippen LogP contribution is 2.35. The predicted molar refractivity (Wildman–Crippen MR) is 86.8 cm³/mol. The summed E-state index contributed by atoms with van der Waals surface area (Å²) in [6.45, 7) is 4.86. The highest BCUT2D eigenvalue weighted by atomic mass is 19.1. The molecule has 2 aliphatic heterocycles. The van der Waals surface area contributed by atoms with Crippen LogP contribution >= 0.6 is 0 Å². The average Bonchev–Trinajstić information content (AvgIpc) is 3.09. The maximum absolute atomic E-state index is 13.6. The number of nitrogens with zero attached hydrogens (tertiary/aromatic N) is 1. The fourth-order valence-electron chi connectivity index (χ4n) is 3.66. The number of halogens is 1. The first kappa shape index (κ1) is 16.4. The number of hydrogen-bond donors (Lipinski definition) is 1. The number of rotatable bonds is 5. The van der Waals surface area contributed by atoms with Gasteiger partial charge in [-0.15, -0.1) is 0 Å². The van der Waals surface area contributed by atoms with Crippen LogP contribution in [-0.2, 0) is 14.9 Å². The van der Waals surface area contributed by atoms with Gasteiger partial charge in [-0.2, -0.15) is 0 Å². The molecule has 2 fully saturated rings. The summed E-state index contributed by atoms with van der Waals surface area (Å²) in [6.07, 6.45) is 3.70. The molecule has 2 aliphatic rings. The summed E-state index contributed by atoms with van der Waals surface area (Å²) in [5.41, 5.74) is 0.102. The Labute approximate surface area is 137 Å². The predicted octanol–water partition coefficient (Wildman–Crippen LogP) is 2.09. The van der Waals surface area contributed by atoms with Gasteiger partial charge in [-0.1, -0.05) is 12.1 Å². The quantitative estimate of drug-likeness (QED) is 0.903. The molecule has 2 saturated heterocycles. The maximum atomic E-state index is 13.6. The lowest BCUT2D eigenvalue weighted by Crippen LogP contribution is -2.49. The minimum Gasteiger partial charge on any atom is -0.381 e. The van der Waals surface area contributed by atoms with Crippen molar-refractivity contribution in [2.24, 2.45) is 0 Å². The molecule has 5 heteroatoms. The van der Waals surface area contributed by atoms with Crippen molar-refractivity contribution < 1.29 is 13.9 Å². The van der Waals surface area contributed by atoms with Gasteiger partial charge in [0.2, 0.25) is 5.91 Å². The first-order valence-corrected chi connectivity index (χ1v) is 8.55. The summed E-state index contributed by atoms with van der Waals surface area (Å²) in [4.78, 5) is 15.3. The van der Waals surface area contributed by atoms with E-state index in [1.165, 1.54) is 25.0 Å². The van der Waals surface area contributed by atoms with Gasteiger partial charge in [-0.3, -0.25) is 4.79 Å². The van der Waals surface area contributed by atoms with E-state index in [1.807, 2.05) is 6.07 Å². The molecule has 3 rings (SSSR count). The molecule has 1 aromatic rings. The second kappa shape index (κ2) is 7.41. The largest absolute Gasteiger partial charge is 0.381 e. The van der Waals surface area contributed by atoms with Crippen LogP contribution in [0.25, 0.3) is 0 Å². The Morgan fingerprint density at radius 3 is 2.70 bits per heavy atom. The number of ether oxygens (including phenoxy) is 1. The van der Waals surface area contributed by atoms with Crippen molar-refractivity contribution in [2.75, 3.05) is 39.4 Å². The summed E-state index contributed by atoms with van der Waals surface area (Å²) in [7, 11) is 0. The van der Waals surface area contributed by atoms with Crippen LogP contribution in [0.3, 0.4) is 0 Å². The molecule has 0 bridgehead atoms. The van der Waals surface area contributed by atoms with Gasteiger partial charge in [0.15, 0.2) is 0 Å². The number of nitrogens with one attached hydrogen (secondary N) is 1. The molecule has 0 aliphatic carbocycles. The minimum atomic E-state index is -0.661. The zero-order valence-electron chi connectivity index (χ0n) is 13.5. The Bertz CT molecular complexity index is 538. The van der Waals surface area contributed by atoms with Gasteiger partial charge in [-0.25, -0.2) is 4.39 Å². The third kappa shape index (κ3) is 3.72. The van der Waals surface area contributed by atoms with E-state index >= 15 is 0 Å². The molecule has 1 N–H and O–H groups in total. The van der Waals surface area contributed by atoms with E-state index in [-0.39, 0.29) is 11.7 Å². The third-order valence-corrected chi connectivity index (χ3v) is 5.07. The van der Waals surface area contributed by atoms with Gasteiger partial charge in [0.25, 0.3) is 0 Å². The normalized spacial score (nSPS) is 21.3. The van der Waals surface area contributed by atoms with E-state index < -0.39 is 5.41 Å². The van der Waals surface area contributed by atoms with Gasteiger partial charge in [0.1, 0.15) is 5.82 Å². The summed E-state index contributed by atoms with van der Waals surface area (Å²) >= 11 is 0. The van der Waals surface area contributed by atoms with Crippen molar-refractivity contribution in [1.82, 2.24) is 10.2 Å². The molecule has 0 saturated carbocycles. The van der Waals surface area contributed by atoms with Gasteiger partial charge in [-0.05, 0) is 56.5 Å². The average molecular weight is 320 g/mol. The molecule has 0 atom stereocenters. The van der Waals surface area contributed by atoms with Crippen LogP contribution in [0.15, 0.2) is 24.3 Å². The maximum Gasteiger partial charge on any atom is 0.230 e. The Hall–Kier alpha value is -1.46. The standard InChI is InChI=1S/C18H25FN2O2/c19-16-5-3-4-15(14-16)18(6-12-23-13-7-18)17(22)20-8-11-21-9-1-2-10-21/h3-5,14H,1-2,6-13H2,(H,20,22). The second-order valence-corrected chi connectivity index (χ2v) is 6.51. The molecule has 1 aromatic carbocycles. The lowest BCUT2D eigenvalue weighted by molar-refractivity contribution is -0.130. The zero-order valence-corrected chi connectivity index (χ0v) is 13.5. The zero-order chi connectivity index (χ0) is 16.1. The lowest BCUT2D eigenvalue weighted by atomic mass is 9.73. The van der Waals surface area contributed by atoms with Gasteiger partial charge in [0, 0.05) is 26.3 Å². The van der Waals surface area contributed by atoms with E-state index in [2.05, 4.69) is 10.2 Å². The smallest absolute Gasteiger partial charge is 0.230 e. The van der Waals surface area contributed by atoms with Crippen molar-refractivity contribution in [3.8, 4) is 0 Å². The molecular formula is C18H25FN2O2. The molecule has 4 nitrogen and oxygen atoms in total. The van der Waals surface area contributed by atoms with E-state index in [4.69, 9.17) is 4.74 Å². The third-order valence-electron chi connectivity index (χ3n) is 5.07. The van der Waals surface area contributed by atoms with Crippen LogP contribution in [0.1, 0.15) is 31.2 Å². The Balaban J connectivity index is 1.68. The SMILES string of the molecule is O=C(NCCN1CCCC1)C1(c2cccc(F)c2)CCOCC1. The number of amides is 1. The molecule has 0 aromatic heterocycles.